The Morgan fingerprint density at radius 2 is 1.92 bits per heavy atom. The average molecular weight is 351 g/mol. The van der Waals surface area contributed by atoms with Gasteiger partial charge in [0.25, 0.3) is 0 Å². The van der Waals surface area contributed by atoms with Crippen LogP contribution in [0.15, 0.2) is 35.4 Å². The van der Waals surface area contributed by atoms with E-state index < -0.39 is 16.1 Å². The molecule has 1 aliphatic rings. The fourth-order valence-electron chi connectivity index (χ4n) is 2.74. The van der Waals surface area contributed by atoms with E-state index in [1.54, 1.807) is 12.1 Å². The van der Waals surface area contributed by atoms with Gasteiger partial charge in [0.05, 0.1) is 12.0 Å². The molecule has 0 aliphatic carbocycles. The number of fused-ring (bicyclic) bond motifs is 1. The fourth-order valence-corrected chi connectivity index (χ4v) is 4.34. The van der Waals surface area contributed by atoms with E-state index in [0.29, 0.717) is 5.39 Å². The van der Waals surface area contributed by atoms with Crippen molar-refractivity contribution in [1.29, 1.82) is 0 Å². The van der Waals surface area contributed by atoms with Crippen molar-refractivity contribution in [3.63, 3.8) is 0 Å². The Balaban J connectivity index is 1.93. The number of aromatic nitrogens is 1. The molecule has 1 saturated heterocycles. The molecule has 24 heavy (non-hydrogen) atoms. The molecule has 0 unspecified atom stereocenters. The van der Waals surface area contributed by atoms with Gasteiger partial charge >= 0.3 is 6.09 Å². The van der Waals surface area contributed by atoms with Gasteiger partial charge in [-0.2, -0.15) is 4.31 Å². The summed E-state index contributed by atoms with van der Waals surface area (Å²) >= 11 is 0. The first kappa shape index (κ1) is 16.5. The number of amides is 1. The predicted molar refractivity (Wildman–Crippen MR) is 86.1 cm³/mol. The van der Waals surface area contributed by atoms with E-state index in [1.807, 2.05) is 0 Å². The molecule has 1 amide bonds. The van der Waals surface area contributed by atoms with Gasteiger partial charge in [-0.05, 0) is 24.3 Å². The molecule has 1 aromatic carbocycles. The number of hydrogen-bond donors (Lipinski definition) is 1. The smallest absolute Gasteiger partial charge is 0.409 e. The van der Waals surface area contributed by atoms with Gasteiger partial charge in [0.2, 0.25) is 10.0 Å². The summed E-state index contributed by atoms with van der Waals surface area (Å²) in [6, 6.07) is 5.93. The second-order valence-electron chi connectivity index (χ2n) is 5.34. The Hall–Kier alpha value is -2.39. The van der Waals surface area contributed by atoms with Gasteiger partial charge in [-0.15, -0.1) is 0 Å². The fraction of sp³-hybridized carbons (Fsp3) is 0.333. The highest BCUT2D eigenvalue weighted by Crippen LogP contribution is 2.30. The Kier molecular flexibility index (Phi) is 4.29. The Bertz CT molecular complexity index is 876. The zero-order valence-electron chi connectivity index (χ0n) is 13.0. The van der Waals surface area contributed by atoms with E-state index in [9.17, 15) is 18.3 Å². The molecular formula is C15H17N3O5S. The summed E-state index contributed by atoms with van der Waals surface area (Å²) in [5.74, 6) is -0.0694. The lowest BCUT2D eigenvalue weighted by molar-refractivity contribution is 0.108. The van der Waals surface area contributed by atoms with Crippen molar-refractivity contribution in [2.45, 2.75) is 4.90 Å². The van der Waals surface area contributed by atoms with Crippen LogP contribution in [-0.4, -0.2) is 67.1 Å². The van der Waals surface area contributed by atoms with Crippen LogP contribution < -0.4 is 0 Å². The molecule has 8 nitrogen and oxygen atoms in total. The minimum atomic E-state index is -3.76. The van der Waals surface area contributed by atoms with Crippen LogP contribution in [0.4, 0.5) is 4.79 Å². The van der Waals surface area contributed by atoms with Crippen LogP contribution in [0.1, 0.15) is 0 Å². The van der Waals surface area contributed by atoms with Crippen LogP contribution in [0.3, 0.4) is 0 Å². The monoisotopic (exact) mass is 351 g/mol. The molecule has 1 N–H and O–H groups in total. The number of phenols is 1. The Labute approximate surface area is 139 Å². The molecule has 1 aliphatic heterocycles. The number of pyridine rings is 1. The van der Waals surface area contributed by atoms with Gasteiger partial charge in [0.15, 0.2) is 0 Å². The zero-order valence-corrected chi connectivity index (χ0v) is 13.9. The third kappa shape index (κ3) is 2.76. The van der Waals surface area contributed by atoms with Gasteiger partial charge in [-0.3, -0.25) is 4.98 Å². The molecule has 2 aromatic rings. The maximum atomic E-state index is 12.9. The SMILES string of the molecule is COC(=O)N1CCN(S(=O)(=O)c2ccc(O)c3ncccc23)CC1. The summed E-state index contributed by atoms with van der Waals surface area (Å²) in [6.45, 7) is 0.889. The lowest BCUT2D eigenvalue weighted by Gasteiger charge is -2.33. The number of methoxy groups -OCH3 is 1. The minimum Gasteiger partial charge on any atom is -0.506 e. The highest BCUT2D eigenvalue weighted by Gasteiger charge is 2.31. The highest BCUT2D eigenvalue weighted by molar-refractivity contribution is 7.89. The van der Waals surface area contributed by atoms with Crippen molar-refractivity contribution in [3.05, 3.63) is 30.5 Å². The quantitative estimate of drug-likeness (QED) is 0.867. The van der Waals surface area contributed by atoms with Gasteiger partial charge in [0.1, 0.15) is 11.3 Å². The van der Waals surface area contributed by atoms with Crippen molar-refractivity contribution >= 4 is 27.0 Å². The predicted octanol–water partition coefficient (Wildman–Crippen LogP) is 1.01. The number of benzene rings is 1. The summed E-state index contributed by atoms with van der Waals surface area (Å²) in [7, 11) is -2.47. The number of carbonyl (C=O) groups excluding carboxylic acids is 1. The van der Waals surface area contributed by atoms with Crippen molar-refractivity contribution in [2.24, 2.45) is 0 Å². The van der Waals surface area contributed by atoms with Crippen LogP contribution in [0, 0.1) is 0 Å². The van der Waals surface area contributed by atoms with Gasteiger partial charge in [0, 0.05) is 37.8 Å². The van der Waals surface area contributed by atoms with Crippen molar-refractivity contribution in [3.8, 4) is 5.75 Å². The average Bonchev–Trinajstić information content (AvgIpc) is 2.61. The van der Waals surface area contributed by atoms with E-state index in [4.69, 9.17) is 0 Å². The second kappa shape index (κ2) is 6.25. The first-order chi connectivity index (χ1) is 11.4. The number of rotatable bonds is 2. The number of aromatic hydroxyl groups is 1. The Morgan fingerprint density at radius 1 is 1.21 bits per heavy atom. The Morgan fingerprint density at radius 3 is 2.58 bits per heavy atom. The van der Waals surface area contributed by atoms with Crippen LogP contribution in [0.5, 0.6) is 5.75 Å². The molecule has 0 atom stereocenters. The summed E-state index contributed by atoms with van der Waals surface area (Å²) in [6.07, 6.45) is 1.03. The standard InChI is InChI=1S/C15H17N3O5S/c1-23-15(20)17-7-9-18(10-8-17)24(21,22)13-5-4-12(19)14-11(13)3-2-6-16-14/h2-6,19H,7-10H2,1H3. The molecule has 1 aromatic heterocycles. The lowest BCUT2D eigenvalue weighted by Crippen LogP contribution is -2.50. The topological polar surface area (TPSA) is 100 Å². The van der Waals surface area contributed by atoms with E-state index in [-0.39, 0.29) is 42.3 Å². The zero-order chi connectivity index (χ0) is 17.3. The third-order valence-corrected chi connectivity index (χ3v) is 5.95. The third-order valence-electron chi connectivity index (χ3n) is 4.00. The molecule has 3 rings (SSSR count). The number of sulfonamides is 1. The molecule has 0 saturated carbocycles. The summed E-state index contributed by atoms with van der Waals surface area (Å²) < 4.78 is 31.9. The van der Waals surface area contributed by atoms with Crippen LogP contribution in [-0.2, 0) is 14.8 Å². The summed E-state index contributed by atoms with van der Waals surface area (Å²) in [4.78, 5) is 17.1. The van der Waals surface area contributed by atoms with Crippen molar-refractivity contribution < 1.29 is 23.1 Å². The maximum Gasteiger partial charge on any atom is 0.409 e. The highest BCUT2D eigenvalue weighted by atomic mass is 32.2. The molecule has 128 valence electrons. The minimum absolute atomic E-state index is 0.0694. The van der Waals surface area contributed by atoms with E-state index >= 15 is 0 Å². The van der Waals surface area contributed by atoms with Crippen LogP contribution in [0.25, 0.3) is 10.9 Å². The molecular weight excluding hydrogens is 334 g/mol. The van der Waals surface area contributed by atoms with E-state index in [0.717, 1.165) is 0 Å². The number of hydrogen-bond acceptors (Lipinski definition) is 6. The van der Waals surface area contributed by atoms with E-state index in [2.05, 4.69) is 9.72 Å². The number of carbonyl (C=O) groups is 1. The van der Waals surface area contributed by atoms with Gasteiger partial charge < -0.3 is 14.7 Å². The van der Waals surface area contributed by atoms with Gasteiger partial charge in [-0.1, -0.05) is 0 Å². The summed E-state index contributed by atoms with van der Waals surface area (Å²) in [5, 5.41) is 10.2. The maximum absolute atomic E-state index is 12.9. The molecule has 0 radical (unpaired) electrons. The summed E-state index contributed by atoms with van der Waals surface area (Å²) in [5.41, 5.74) is 0.242. The molecule has 2 heterocycles. The van der Waals surface area contributed by atoms with Gasteiger partial charge in [-0.25, -0.2) is 13.2 Å². The van der Waals surface area contributed by atoms with E-state index in [1.165, 1.54) is 34.6 Å². The normalized spacial score (nSPS) is 16.3. The van der Waals surface area contributed by atoms with Crippen molar-refractivity contribution in [1.82, 2.24) is 14.2 Å². The number of piperazine rings is 1. The molecule has 1 fully saturated rings. The first-order valence-corrected chi connectivity index (χ1v) is 8.79. The van der Waals surface area contributed by atoms with Crippen molar-refractivity contribution in [2.75, 3.05) is 33.3 Å². The molecule has 9 heteroatoms. The van der Waals surface area contributed by atoms with Crippen LogP contribution in [0.2, 0.25) is 0 Å². The largest absolute Gasteiger partial charge is 0.506 e. The molecule has 0 bridgehead atoms. The number of ether oxygens (including phenoxy) is 1. The molecule has 0 spiro atoms. The second-order valence-corrected chi connectivity index (χ2v) is 7.25. The number of phenolic OH excluding ortho intramolecular Hbond substituents is 1. The number of nitrogens with zero attached hydrogens (tertiary/aromatic N) is 3. The van der Waals surface area contributed by atoms with Crippen LogP contribution >= 0.6 is 0 Å². The lowest BCUT2D eigenvalue weighted by atomic mass is 10.2. The first-order valence-electron chi connectivity index (χ1n) is 7.35.